The molecule has 0 radical (unpaired) electrons. The number of hydrogen-bond acceptors (Lipinski definition) is 4. The van der Waals surface area contributed by atoms with Gasteiger partial charge >= 0.3 is 5.97 Å². The summed E-state index contributed by atoms with van der Waals surface area (Å²) in [6.45, 7) is 7.48. The molecule has 0 bridgehead atoms. The molecule has 1 aliphatic rings. The fourth-order valence-corrected chi connectivity index (χ4v) is 3.00. The number of benzene rings is 1. The standard InChI is InChI=1S/C18H23NO4/c1-10-8-11(2)17(13(4)12(10)3)15(20)9-23-18(22)14-6-5-7-16(21)19-14/h8,14H,5-7,9H2,1-4H3,(H,19,21)/t14-/m1/s1. The lowest BCUT2D eigenvalue weighted by Crippen LogP contribution is -2.45. The zero-order chi connectivity index (χ0) is 17.1. The molecule has 2 rings (SSSR count). The summed E-state index contributed by atoms with van der Waals surface area (Å²) < 4.78 is 5.12. The third kappa shape index (κ3) is 3.78. The van der Waals surface area contributed by atoms with Gasteiger partial charge in [0.25, 0.3) is 0 Å². The maximum absolute atomic E-state index is 12.4. The fraction of sp³-hybridized carbons (Fsp3) is 0.500. The Morgan fingerprint density at radius 2 is 1.87 bits per heavy atom. The summed E-state index contributed by atoms with van der Waals surface area (Å²) in [5.41, 5.74) is 4.64. The maximum Gasteiger partial charge on any atom is 0.329 e. The van der Waals surface area contributed by atoms with Crippen LogP contribution in [0.4, 0.5) is 0 Å². The Hall–Kier alpha value is -2.17. The van der Waals surface area contributed by atoms with Crippen LogP contribution in [0.5, 0.6) is 0 Å². The van der Waals surface area contributed by atoms with Crippen LogP contribution in [0.25, 0.3) is 0 Å². The first-order chi connectivity index (χ1) is 10.8. The van der Waals surface area contributed by atoms with Gasteiger partial charge in [0.15, 0.2) is 6.61 Å². The van der Waals surface area contributed by atoms with Crippen molar-refractivity contribution in [1.29, 1.82) is 0 Å². The molecule has 124 valence electrons. The second-order valence-corrected chi connectivity index (χ2v) is 6.18. The van der Waals surface area contributed by atoms with Crippen LogP contribution in [-0.4, -0.2) is 30.3 Å². The molecule has 1 atom stereocenters. The highest BCUT2D eigenvalue weighted by molar-refractivity contribution is 6.01. The van der Waals surface area contributed by atoms with Gasteiger partial charge in [0, 0.05) is 12.0 Å². The highest BCUT2D eigenvalue weighted by atomic mass is 16.5. The summed E-state index contributed by atoms with van der Waals surface area (Å²) in [7, 11) is 0. The van der Waals surface area contributed by atoms with E-state index in [0.29, 0.717) is 24.8 Å². The van der Waals surface area contributed by atoms with Crippen LogP contribution in [0.3, 0.4) is 0 Å². The van der Waals surface area contributed by atoms with Gasteiger partial charge in [0.2, 0.25) is 11.7 Å². The van der Waals surface area contributed by atoms with Crippen molar-refractivity contribution in [2.45, 2.75) is 53.0 Å². The maximum atomic E-state index is 12.4. The van der Waals surface area contributed by atoms with Gasteiger partial charge in [-0.3, -0.25) is 9.59 Å². The molecule has 5 nitrogen and oxygen atoms in total. The molecule has 23 heavy (non-hydrogen) atoms. The van der Waals surface area contributed by atoms with Crippen LogP contribution in [0, 0.1) is 27.7 Å². The smallest absolute Gasteiger partial charge is 0.329 e. The van der Waals surface area contributed by atoms with Crippen molar-refractivity contribution in [3.05, 3.63) is 33.9 Å². The summed E-state index contributed by atoms with van der Waals surface area (Å²) in [6.07, 6.45) is 1.65. The van der Waals surface area contributed by atoms with Gasteiger partial charge in [0.1, 0.15) is 6.04 Å². The molecule has 0 spiro atoms. The molecule has 0 saturated carbocycles. The molecular weight excluding hydrogens is 294 g/mol. The molecule has 1 aromatic rings. The Labute approximate surface area is 136 Å². The Balaban J connectivity index is 2.04. The van der Waals surface area contributed by atoms with Crippen molar-refractivity contribution < 1.29 is 19.1 Å². The van der Waals surface area contributed by atoms with E-state index in [0.717, 1.165) is 22.3 Å². The number of aryl methyl sites for hydroxylation is 2. The number of Topliss-reactive ketones (excluding diaryl/α,β-unsaturated/α-hetero) is 1. The van der Waals surface area contributed by atoms with Crippen molar-refractivity contribution in [2.75, 3.05) is 6.61 Å². The zero-order valence-electron chi connectivity index (χ0n) is 14.1. The lowest BCUT2D eigenvalue weighted by molar-refractivity contribution is -0.148. The fourth-order valence-electron chi connectivity index (χ4n) is 3.00. The van der Waals surface area contributed by atoms with Crippen molar-refractivity contribution in [3.8, 4) is 0 Å². The second-order valence-electron chi connectivity index (χ2n) is 6.18. The van der Waals surface area contributed by atoms with Crippen molar-refractivity contribution in [2.24, 2.45) is 0 Å². The van der Waals surface area contributed by atoms with Crippen molar-refractivity contribution >= 4 is 17.7 Å². The zero-order valence-corrected chi connectivity index (χ0v) is 14.1. The van der Waals surface area contributed by atoms with Crippen LogP contribution in [-0.2, 0) is 14.3 Å². The molecule has 0 aromatic heterocycles. The SMILES string of the molecule is Cc1cc(C)c(C(=O)COC(=O)[C@H]2CCCC(=O)N2)c(C)c1C. The minimum Gasteiger partial charge on any atom is -0.456 e. The van der Waals surface area contributed by atoms with Crippen LogP contribution in [0.15, 0.2) is 6.07 Å². The van der Waals surface area contributed by atoms with Crippen LogP contribution in [0.2, 0.25) is 0 Å². The topological polar surface area (TPSA) is 72.5 Å². The number of hydrogen-bond donors (Lipinski definition) is 1. The van der Waals surface area contributed by atoms with E-state index >= 15 is 0 Å². The molecular formula is C18H23NO4. The van der Waals surface area contributed by atoms with Gasteiger partial charge in [-0.25, -0.2) is 4.79 Å². The van der Waals surface area contributed by atoms with Gasteiger partial charge in [-0.05, 0) is 62.8 Å². The summed E-state index contributed by atoms with van der Waals surface area (Å²) in [6, 6.07) is 1.34. The van der Waals surface area contributed by atoms with E-state index < -0.39 is 12.0 Å². The van der Waals surface area contributed by atoms with Crippen molar-refractivity contribution in [1.82, 2.24) is 5.32 Å². The predicted molar refractivity (Wildman–Crippen MR) is 86.5 cm³/mol. The number of ketones is 1. The number of esters is 1. The van der Waals surface area contributed by atoms with E-state index in [9.17, 15) is 14.4 Å². The monoisotopic (exact) mass is 317 g/mol. The van der Waals surface area contributed by atoms with Gasteiger partial charge < -0.3 is 10.1 Å². The molecule has 1 N–H and O–H groups in total. The first kappa shape index (κ1) is 17.2. The minimum absolute atomic E-state index is 0.148. The normalized spacial score (nSPS) is 17.6. The number of carbonyl (C=O) groups is 3. The van der Waals surface area contributed by atoms with E-state index in [-0.39, 0.29) is 18.3 Å². The third-order valence-electron chi connectivity index (χ3n) is 4.50. The van der Waals surface area contributed by atoms with Crippen LogP contribution >= 0.6 is 0 Å². The highest BCUT2D eigenvalue weighted by Gasteiger charge is 2.27. The number of piperidine rings is 1. The largest absolute Gasteiger partial charge is 0.456 e. The lowest BCUT2D eigenvalue weighted by Gasteiger charge is -2.21. The van der Waals surface area contributed by atoms with Crippen molar-refractivity contribution in [3.63, 3.8) is 0 Å². The summed E-state index contributed by atoms with van der Waals surface area (Å²) in [5, 5.41) is 2.59. The molecule has 1 heterocycles. The first-order valence-corrected chi connectivity index (χ1v) is 7.88. The minimum atomic E-state index is -0.633. The molecule has 5 heteroatoms. The molecule has 1 aromatic carbocycles. The van der Waals surface area contributed by atoms with Crippen LogP contribution < -0.4 is 5.32 Å². The molecule has 1 saturated heterocycles. The first-order valence-electron chi connectivity index (χ1n) is 7.88. The van der Waals surface area contributed by atoms with Gasteiger partial charge in [-0.2, -0.15) is 0 Å². The number of amides is 1. The molecule has 1 amide bonds. The molecule has 0 unspecified atom stereocenters. The number of rotatable bonds is 4. The predicted octanol–water partition coefficient (Wildman–Crippen LogP) is 2.31. The Morgan fingerprint density at radius 3 is 2.52 bits per heavy atom. The number of nitrogens with one attached hydrogen (secondary N) is 1. The summed E-state index contributed by atoms with van der Waals surface area (Å²) in [5.74, 6) is -0.894. The Kier molecular flexibility index (Phi) is 5.19. The molecule has 1 fully saturated rings. The average molecular weight is 317 g/mol. The number of ether oxygens (including phenoxy) is 1. The molecule has 0 aliphatic carbocycles. The van der Waals surface area contributed by atoms with Gasteiger partial charge in [-0.1, -0.05) is 6.07 Å². The number of carbonyl (C=O) groups excluding carboxylic acids is 3. The van der Waals surface area contributed by atoms with Crippen LogP contribution in [0.1, 0.15) is 51.9 Å². The van der Waals surface area contributed by atoms with E-state index in [1.807, 2.05) is 33.8 Å². The third-order valence-corrected chi connectivity index (χ3v) is 4.50. The van der Waals surface area contributed by atoms with E-state index in [1.54, 1.807) is 0 Å². The quantitative estimate of drug-likeness (QED) is 0.683. The lowest BCUT2D eigenvalue weighted by atomic mass is 9.92. The van der Waals surface area contributed by atoms with E-state index in [4.69, 9.17) is 4.74 Å². The highest BCUT2D eigenvalue weighted by Crippen LogP contribution is 2.22. The Morgan fingerprint density at radius 1 is 1.17 bits per heavy atom. The van der Waals surface area contributed by atoms with E-state index in [2.05, 4.69) is 5.32 Å². The summed E-state index contributed by atoms with van der Waals surface area (Å²) >= 11 is 0. The van der Waals surface area contributed by atoms with Gasteiger partial charge in [-0.15, -0.1) is 0 Å². The summed E-state index contributed by atoms with van der Waals surface area (Å²) in [4.78, 5) is 35.7. The Bertz CT molecular complexity index is 663. The molecule has 1 aliphatic heterocycles. The van der Waals surface area contributed by atoms with Gasteiger partial charge in [0.05, 0.1) is 0 Å². The van der Waals surface area contributed by atoms with E-state index in [1.165, 1.54) is 0 Å². The average Bonchev–Trinajstić information content (AvgIpc) is 2.50. The second kappa shape index (κ2) is 6.94.